The van der Waals surface area contributed by atoms with Gasteiger partial charge in [0.1, 0.15) is 17.2 Å². The van der Waals surface area contributed by atoms with Crippen molar-refractivity contribution in [2.75, 3.05) is 11.9 Å². The van der Waals surface area contributed by atoms with E-state index in [1.165, 1.54) is 12.3 Å². The summed E-state index contributed by atoms with van der Waals surface area (Å²) in [6.45, 7) is 2.52. The maximum absolute atomic E-state index is 13.2. The third-order valence-electron chi connectivity index (χ3n) is 4.11. The van der Waals surface area contributed by atoms with Gasteiger partial charge in [-0.25, -0.2) is 0 Å². The zero-order valence-corrected chi connectivity index (χ0v) is 16.5. The summed E-state index contributed by atoms with van der Waals surface area (Å²) in [4.78, 5) is 26.5. The van der Waals surface area contributed by atoms with Crippen molar-refractivity contribution in [3.05, 3.63) is 82.3 Å². The Hall–Kier alpha value is -3.75. The summed E-state index contributed by atoms with van der Waals surface area (Å²) in [6.07, 6.45) is -2.49. The molecule has 0 aliphatic carbocycles. The zero-order chi connectivity index (χ0) is 22.4. The fourth-order valence-corrected chi connectivity index (χ4v) is 2.64. The molecule has 1 amide bonds. The Bertz CT molecular complexity index is 1110. The van der Waals surface area contributed by atoms with Gasteiger partial charge in [-0.05, 0) is 55.0 Å². The molecule has 3 rings (SSSR count). The van der Waals surface area contributed by atoms with Gasteiger partial charge in [0, 0.05) is 18.0 Å². The first kappa shape index (κ1) is 21.9. The van der Waals surface area contributed by atoms with Crippen LogP contribution < -0.4 is 20.3 Å². The topological polar surface area (TPSA) is 80.4 Å². The van der Waals surface area contributed by atoms with Crippen LogP contribution in [0.15, 0.2) is 65.6 Å². The molecular weight excluding hydrogens is 413 g/mol. The molecule has 0 bridgehead atoms. The first-order chi connectivity index (χ1) is 14.8. The van der Waals surface area contributed by atoms with Crippen molar-refractivity contribution < 1.29 is 27.4 Å². The number of amides is 1. The van der Waals surface area contributed by atoms with Gasteiger partial charge in [-0.2, -0.15) is 13.2 Å². The van der Waals surface area contributed by atoms with Crippen LogP contribution in [-0.4, -0.2) is 17.5 Å². The van der Waals surface area contributed by atoms with Crippen molar-refractivity contribution in [2.45, 2.75) is 19.5 Å². The molecule has 2 N–H and O–H groups in total. The van der Waals surface area contributed by atoms with E-state index in [-0.39, 0.29) is 17.0 Å². The lowest BCUT2D eigenvalue weighted by Crippen LogP contribution is -2.16. The number of H-pyrrole nitrogens is 1. The molecule has 2 aromatic carbocycles. The highest BCUT2D eigenvalue weighted by Gasteiger charge is 2.32. The van der Waals surface area contributed by atoms with Gasteiger partial charge in [-0.3, -0.25) is 9.59 Å². The predicted octanol–water partition coefficient (Wildman–Crippen LogP) is 5.23. The van der Waals surface area contributed by atoms with Crippen LogP contribution in [0.5, 0.6) is 17.2 Å². The number of rotatable bonds is 7. The van der Waals surface area contributed by atoms with E-state index in [1.54, 1.807) is 24.3 Å². The monoisotopic (exact) mass is 432 g/mol. The number of ether oxygens (including phenoxy) is 2. The molecule has 6 nitrogen and oxygen atoms in total. The highest BCUT2D eigenvalue weighted by molar-refractivity contribution is 6.06. The van der Waals surface area contributed by atoms with E-state index in [4.69, 9.17) is 9.47 Å². The standard InChI is InChI=1S/C22H19F3N2O4/c1-2-11-30-16-4-6-17(7-5-16)31-19-8-3-14(22(23,24)25)12-18(19)21(29)27-15-9-10-26-20(28)13-15/h3-10,12-13H,2,11H2,1H3,(H2,26,27,28,29). The van der Waals surface area contributed by atoms with Gasteiger partial charge in [0.15, 0.2) is 0 Å². The number of aromatic amines is 1. The molecule has 3 aromatic rings. The lowest BCUT2D eigenvalue weighted by molar-refractivity contribution is -0.137. The van der Waals surface area contributed by atoms with E-state index < -0.39 is 23.2 Å². The second-order valence-corrected chi connectivity index (χ2v) is 6.53. The van der Waals surface area contributed by atoms with Crippen molar-refractivity contribution in [3.8, 4) is 17.2 Å². The lowest BCUT2D eigenvalue weighted by Gasteiger charge is -2.15. The van der Waals surface area contributed by atoms with Crippen LogP contribution >= 0.6 is 0 Å². The number of pyridine rings is 1. The number of nitrogens with one attached hydrogen (secondary N) is 2. The van der Waals surface area contributed by atoms with Crippen LogP contribution in [-0.2, 0) is 6.18 Å². The smallest absolute Gasteiger partial charge is 0.416 e. The minimum Gasteiger partial charge on any atom is -0.494 e. The molecule has 1 heterocycles. The number of carbonyl (C=O) groups excluding carboxylic acids is 1. The maximum Gasteiger partial charge on any atom is 0.416 e. The molecule has 9 heteroatoms. The molecule has 162 valence electrons. The highest BCUT2D eigenvalue weighted by Crippen LogP contribution is 2.34. The molecule has 0 saturated heterocycles. The Morgan fingerprint density at radius 2 is 1.74 bits per heavy atom. The van der Waals surface area contributed by atoms with Gasteiger partial charge in [-0.15, -0.1) is 0 Å². The van der Waals surface area contributed by atoms with Gasteiger partial charge in [0.25, 0.3) is 5.91 Å². The van der Waals surface area contributed by atoms with E-state index >= 15 is 0 Å². The molecule has 0 atom stereocenters. The van der Waals surface area contributed by atoms with Gasteiger partial charge in [-0.1, -0.05) is 6.92 Å². The predicted molar refractivity (Wildman–Crippen MR) is 109 cm³/mol. The fraction of sp³-hybridized carbons (Fsp3) is 0.182. The number of alkyl halides is 3. The van der Waals surface area contributed by atoms with Gasteiger partial charge in [0.05, 0.1) is 17.7 Å². The molecule has 0 spiro atoms. The number of halogens is 3. The molecule has 0 unspecified atom stereocenters. The van der Waals surface area contributed by atoms with Crippen molar-refractivity contribution in [1.29, 1.82) is 0 Å². The average molecular weight is 432 g/mol. The summed E-state index contributed by atoms with van der Waals surface area (Å²) < 4.78 is 50.7. The molecular formula is C22H19F3N2O4. The SMILES string of the molecule is CCCOc1ccc(Oc2ccc(C(F)(F)F)cc2C(=O)Nc2cc[nH]c(=O)c2)cc1. The molecule has 0 radical (unpaired) electrons. The van der Waals surface area contributed by atoms with Gasteiger partial charge >= 0.3 is 6.18 Å². The van der Waals surface area contributed by atoms with Crippen molar-refractivity contribution >= 4 is 11.6 Å². The number of hydrogen-bond acceptors (Lipinski definition) is 4. The third-order valence-corrected chi connectivity index (χ3v) is 4.11. The summed E-state index contributed by atoms with van der Waals surface area (Å²) in [6, 6.07) is 11.6. The first-order valence-electron chi connectivity index (χ1n) is 9.38. The number of anilines is 1. The van der Waals surface area contributed by atoms with Crippen molar-refractivity contribution in [2.24, 2.45) is 0 Å². The van der Waals surface area contributed by atoms with Crippen molar-refractivity contribution in [1.82, 2.24) is 4.98 Å². The third kappa shape index (κ3) is 5.88. The molecule has 0 aliphatic heterocycles. The Kier molecular flexibility index (Phi) is 6.64. The molecule has 0 fully saturated rings. The summed E-state index contributed by atoms with van der Waals surface area (Å²) in [5.41, 5.74) is -1.67. The largest absolute Gasteiger partial charge is 0.494 e. The summed E-state index contributed by atoms with van der Waals surface area (Å²) in [5.74, 6) is 0.00913. The van der Waals surface area contributed by atoms with Crippen LogP contribution in [0.2, 0.25) is 0 Å². The number of hydrogen-bond donors (Lipinski definition) is 2. The highest BCUT2D eigenvalue weighted by atomic mass is 19.4. The first-order valence-corrected chi connectivity index (χ1v) is 9.38. The minimum absolute atomic E-state index is 0.0717. The molecule has 0 aliphatic rings. The van der Waals surface area contributed by atoms with Crippen LogP contribution in [0, 0.1) is 0 Å². The zero-order valence-electron chi connectivity index (χ0n) is 16.5. The fourth-order valence-electron chi connectivity index (χ4n) is 2.64. The van der Waals surface area contributed by atoms with E-state index in [1.807, 2.05) is 6.92 Å². The Morgan fingerprint density at radius 3 is 2.39 bits per heavy atom. The van der Waals surface area contributed by atoms with E-state index in [0.717, 1.165) is 24.6 Å². The quantitative estimate of drug-likeness (QED) is 0.536. The lowest BCUT2D eigenvalue weighted by atomic mass is 10.1. The Balaban J connectivity index is 1.90. The molecule has 31 heavy (non-hydrogen) atoms. The summed E-state index contributed by atoms with van der Waals surface area (Å²) in [7, 11) is 0. The van der Waals surface area contributed by atoms with E-state index in [0.29, 0.717) is 24.2 Å². The number of aromatic nitrogens is 1. The number of benzene rings is 2. The van der Waals surface area contributed by atoms with Gasteiger partial charge in [0.2, 0.25) is 5.56 Å². The average Bonchev–Trinajstić information content (AvgIpc) is 2.72. The minimum atomic E-state index is -4.64. The second kappa shape index (κ2) is 9.38. The Labute approximate surface area is 175 Å². The summed E-state index contributed by atoms with van der Waals surface area (Å²) in [5, 5.41) is 2.41. The van der Waals surface area contributed by atoms with E-state index in [9.17, 15) is 22.8 Å². The number of carbonyl (C=O) groups is 1. The van der Waals surface area contributed by atoms with E-state index in [2.05, 4.69) is 10.3 Å². The summed E-state index contributed by atoms with van der Waals surface area (Å²) >= 11 is 0. The van der Waals surface area contributed by atoms with Gasteiger partial charge < -0.3 is 19.8 Å². The van der Waals surface area contributed by atoms with Crippen LogP contribution in [0.25, 0.3) is 0 Å². The van der Waals surface area contributed by atoms with Crippen LogP contribution in [0.3, 0.4) is 0 Å². The maximum atomic E-state index is 13.2. The van der Waals surface area contributed by atoms with Crippen molar-refractivity contribution in [3.63, 3.8) is 0 Å². The van der Waals surface area contributed by atoms with Crippen LogP contribution in [0.1, 0.15) is 29.3 Å². The van der Waals surface area contributed by atoms with Crippen LogP contribution in [0.4, 0.5) is 18.9 Å². The Morgan fingerprint density at radius 1 is 1.03 bits per heavy atom. The second-order valence-electron chi connectivity index (χ2n) is 6.53. The molecule has 0 saturated carbocycles. The molecule has 1 aromatic heterocycles. The normalized spacial score (nSPS) is 11.1.